The van der Waals surface area contributed by atoms with Crippen LogP contribution in [-0.4, -0.2) is 31.7 Å². The van der Waals surface area contributed by atoms with E-state index in [9.17, 15) is 8.42 Å². The molecule has 3 nitrogen and oxygen atoms in total. The SMILES string of the molecule is Cc1ccc(S(=O)(=O)N2CCC(C#CCCCCl)CC2)cc1. The van der Waals surface area contributed by atoms with E-state index in [0.717, 1.165) is 31.2 Å². The Labute approximate surface area is 138 Å². The van der Waals surface area contributed by atoms with Crippen molar-refractivity contribution in [3.63, 3.8) is 0 Å². The van der Waals surface area contributed by atoms with Crippen molar-refractivity contribution in [3.05, 3.63) is 29.8 Å². The molecular weight excluding hydrogens is 318 g/mol. The third-order valence-corrected chi connectivity index (χ3v) is 6.03. The van der Waals surface area contributed by atoms with E-state index in [1.54, 1.807) is 16.4 Å². The smallest absolute Gasteiger partial charge is 0.207 e. The molecule has 1 aliphatic heterocycles. The zero-order valence-electron chi connectivity index (χ0n) is 12.9. The monoisotopic (exact) mass is 339 g/mol. The average Bonchev–Trinajstić information content (AvgIpc) is 2.52. The van der Waals surface area contributed by atoms with Gasteiger partial charge in [0.2, 0.25) is 10.0 Å². The number of rotatable bonds is 4. The zero-order valence-corrected chi connectivity index (χ0v) is 14.5. The van der Waals surface area contributed by atoms with Gasteiger partial charge in [-0.25, -0.2) is 8.42 Å². The van der Waals surface area contributed by atoms with Crippen LogP contribution in [0.25, 0.3) is 0 Å². The molecule has 120 valence electrons. The first kappa shape index (κ1) is 17.3. The van der Waals surface area contributed by atoms with E-state index in [1.807, 2.05) is 19.1 Å². The third kappa shape index (κ3) is 4.49. The van der Waals surface area contributed by atoms with Crippen molar-refractivity contribution in [1.82, 2.24) is 4.31 Å². The van der Waals surface area contributed by atoms with Crippen LogP contribution in [0.3, 0.4) is 0 Å². The van der Waals surface area contributed by atoms with Crippen molar-refractivity contribution in [3.8, 4) is 11.8 Å². The maximum Gasteiger partial charge on any atom is 0.243 e. The second kappa shape index (κ2) is 8.01. The van der Waals surface area contributed by atoms with Gasteiger partial charge in [-0.05, 0) is 38.3 Å². The molecule has 1 aliphatic rings. The lowest BCUT2D eigenvalue weighted by molar-refractivity contribution is 0.311. The van der Waals surface area contributed by atoms with Gasteiger partial charge in [0.25, 0.3) is 0 Å². The Morgan fingerprint density at radius 2 is 1.86 bits per heavy atom. The predicted molar refractivity (Wildman–Crippen MR) is 90.4 cm³/mol. The molecule has 0 aliphatic carbocycles. The molecule has 0 N–H and O–H groups in total. The van der Waals surface area contributed by atoms with E-state index in [2.05, 4.69) is 11.8 Å². The molecule has 1 saturated heterocycles. The first-order chi connectivity index (χ1) is 10.5. The summed E-state index contributed by atoms with van der Waals surface area (Å²) in [4.78, 5) is 0.379. The third-order valence-electron chi connectivity index (χ3n) is 3.85. The van der Waals surface area contributed by atoms with Crippen LogP contribution in [-0.2, 0) is 10.0 Å². The summed E-state index contributed by atoms with van der Waals surface area (Å²) < 4.78 is 26.7. The lowest BCUT2D eigenvalue weighted by Gasteiger charge is -2.29. The molecule has 0 amide bonds. The molecule has 5 heteroatoms. The predicted octanol–water partition coefficient (Wildman–Crippen LogP) is 3.42. The Morgan fingerprint density at radius 3 is 2.45 bits per heavy atom. The van der Waals surface area contributed by atoms with Gasteiger partial charge < -0.3 is 0 Å². The van der Waals surface area contributed by atoms with Crippen LogP contribution in [0.5, 0.6) is 0 Å². The van der Waals surface area contributed by atoms with Gasteiger partial charge in [-0.15, -0.1) is 17.5 Å². The van der Waals surface area contributed by atoms with Gasteiger partial charge >= 0.3 is 0 Å². The number of benzene rings is 1. The molecule has 0 spiro atoms. The van der Waals surface area contributed by atoms with Crippen molar-refractivity contribution in [2.45, 2.75) is 37.5 Å². The average molecular weight is 340 g/mol. The van der Waals surface area contributed by atoms with Crippen molar-refractivity contribution in [2.24, 2.45) is 5.92 Å². The largest absolute Gasteiger partial charge is 0.243 e. The molecule has 1 aromatic carbocycles. The van der Waals surface area contributed by atoms with Crippen molar-refractivity contribution < 1.29 is 8.42 Å². The highest BCUT2D eigenvalue weighted by molar-refractivity contribution is 7.89. The molecule has 1 heterocycles. The minimum absolute atomic E-state index is 0.305. The van der Waals surface area contributed by atoms with E-state index in [4.69, 9.17) is 11.6 Å². The van der Waals surface area contributed by atoms with Crippen molar-refractivity contribution in [1.29, 1.82) is 0 Å². The Bertz CT molecular complexity index is 635. The Kier molecular flexibility index (Phi) is 6.31. The van der Waals surface area contributed by atoms with Crippen LogP contribution in [0.4, 0.5) is 0 Å². The van der Waals surface area contributed by atoms with E-state index in [0.29, 0.717) is 29.8 Å². The summed E-state index contributed by atoms with van der Waals surface area (Å²) >= 11 is 5.62. The summed E-state index contributed by atoms with van der Waals surface area (Å²) in [6, 6.07) is 7.04. The molecule has 0 radical (unpaired) electrons. The quantitative estimate of drug-likeness (QED) is 0.479. The number of aryl methyl sites for hydroxylation is 1. The fourth-order valence-electron chi connectivity index (χ4n) is 2.47. The van der Waals surface area contributed by atoms with Gasteiger partial charge in [0.15, 0.2) is 0 Å². The van der Waals surface area contributed by atoms with Gasteiger partial charge in [-0.2, -0.15) is 4.31 Å². The first-order valence-electron chi connectivity index (χ1n) is 7.65. The summed E-state index contributed by atoms with van der Waals surface area (Å²) in [5.74, 6) is 7.34. The fraction of sp³-hybridized carbons (Fsp3) is 0.529. The Balaban J connectivity index is 1.95. The first-order valence-corrected chi connectivity index (χ1v) is 9.62. The van der Waals surface area contributed by atoms with Gasteiger partial charge in [-0.1, -0.05) is 23.6 Å². The minimum Gasteiger partial charge on any atom is -0.207 e. The maximum absolute atomic E-state index is 12.6. The van der Waals surface area contributed by atoms with E-state index in [1.165, 1.54) is 0 Å². The van der Waals surface area contributed by atoms with Crippen LogP contribution >= 0.6 is 11.6 Å². The lowest BCUT2D eigenvalue weighted by atomic mass is 9.99. The molecule has 0 aromatic heterocycles. The number of nitrogens with zero attached hydrogens (tertiary/aromatic N) is 1. The second-order valence-corrected chi connectivity index (χ2v) is 7.92. The van der Waals surface area contributed by atoms with Crippen LogP contribution in [0, 0.1) is 24.7 Å². The lowest BCUT2D eigenvalue weighted by Crippen LogP contribution is -2.38. The minimum atomic E-state index is -3.36. The van der Waals surface area contributed by atoms with Gasteiger partial charge in [0.1, 0.15) is 0 Å². The fourth-order valence-corrected chi connectivity index (χ4v) is 4.07. The summed E-state index contributed by atoms with van der Waals surface area (Å²) in [5, 5.41) is 0. The summed E-state index contributed by atoms with van der Waals surface area (Å²) in [6.07, 6.45) is 3.35. The number of hydrogen-bond acceptors (Lipinski definition) is 2. The number of piperidine rings is 1. The number of unbranched alkanes of at least 4 members (excludes halogenated alkanes) is 1. The van der Waals surface area contributed by atoms with Crippen LogP contribution < -0.4 is 0 Å². The Hall–Kier alpha value is -1.02. The molecule has 0 atom stereocenters. The molecule has 1 aromatic rings. The van der Waals surface area contributed by atoms with Crippen LogP contribution in [0.15, 0.2) is 29.2 Å². The van der Waals surface area contributed by atoms with Crippen molar-refractivity contribution >= 4 is 21.6 Å². The normalized spacial score (nSPS) is 17.0. The number of hydrogen-bond donors (Lipinski definition) is 0. The van der Waals surface area contributed by atoms with E-state index >= 15 is 0 Å². The number of alkyl halides is 1. The molecule has 1 fully saturated rings. The van der Waals surface area contributed by atoms with Crippen LogP contribution in [0.2, 0.25) is 0 Å². The molecule has 2 rings (SSSR count). The highest BCUT2D eigenvalue weighted by Crippen LogP contribution is 2.23. The van der Waals surface area contributed by atoms with Crippen LogP contribution in [0.1, 0.15) is 31.2 Å². The summed E-state index contributed by atoms with van der Waals surface area (Å²) in [5.41, 5.74) is 1.06. The van der Waals surface area contributed by atoms with E-state index < -0.39 is 10.0 Å². The second-order valence-electron chi connectivity index (χ2n) is 5.61. The van der Waals surface area contributed by atoms with Gasteiger partial charge in [0.05, 0.1) is 4.90 Å². The highest BCUT2D eigenvalue weighted by Gasteiger charge is 2.28. The highest BCUT2D eigenvalue weighted by atomic mass is 35.5. The van der Waals surface area contributed by atoms with Crippen molar-refractivity contribution in [2.75, 3.05) is 19.0 Å². The maximum atomic E-state index is 12.6. The topological polar surface area (TPSA) is 37.4 Å². The Morgan fingerprint density at radius 1 is 1.23 bits per heavy atom. The van der Waals surface area contributed by atoms with E-state index in [-0.39, 0.29) is 0 Å². The number of halogens is 1. The molecule has 0 unspecified atom stereocenters. The standard InChI is InChI=1S/C17H22ClNO2S/c1-15-6-8-17(9-7-15)22(20,21)19-13-10-16(11-14-19)5-3-2-4-12-18/h6-9,16H,2,4,10-14H2,1H3. The van der Waals surface area contributed by atoms with Gasteiger partial charge in [0, 0.05) is 31.3 Å². The number of sulfonamides is 1. The summed E-state index contributed by atoms with van der Waals surface area (Å²) in [7, 11) is -3.36. The molecular formula is C17H22ClNO2S. The molecule has 0 bridgehead atoms. The molecule has 22 heavy (non-hydrogen) atoms. The summed E-state index contributed by atoms with van der Waals surface area (Å²) in [6.45, 7) is 3.04. The zero-order chi connectivity index (χ0) is 16.0. The van der Waals surface area contributed by atoms with Gasteiger partial charge in [-0.3, -0.25) is 0 Å². The molecule has 0 saturated carbocycles.